The number of amides is 1. The van der Waals surface area contributed by atoms with Crippen LogP contribution in [0.1, 0.15) is 27.2 Å². The third-order valence-electron chi connectivity index (χ3n) is 6.42. The number of nitrogens with zero attached hydrogens (tertiary/aromatic N) is 5. The minimum atomic E-state index is -0.375. The van der Waals surface area contributed by atoms with E-state index in [0.29, 0.717) is 42.2 Å². The SMILES string of the molecule is COc1nc(C)c(-c2ccn3nc(N)nc3c2)cc1C(=O)NCc1cccc(F)c1CN1CCOCC1. The van der Waals surface area contributed by atoms with E-state index < -0.39 is 0 Å². The molecule has 4 aromatic rings. The minimum absolute atomic E-state index is 0.160. The zero-order valence-electron chi connectivity index (χ0n) is 20.7. The Morgan fingerprint density at radius 2 is 2.03 bits per heavy atom. The summed E-state index contributed by atoms with van der Waals surface area (Å²) in [5.41, 5.74) is 10.1. The van der Waals surface area contributed by atoms with Crippen LogP contribution in [0.25, 0.3) is 16.8 Å². The second-order valence-electron chi connectivity index (χ2n) is 8.82. The van der Waals surface area contributed by atoms with Crippen molar-refractivity contribution in [1.29, 1.82) is 0 Å². The van der Waals surface area contributed by atoms with Crippen molar-refractivity contribution < 1.29 is 18.7 Å². The molecule has 3 N–H and O–H groups in total. The number of nitrogens with one attached hydrogen (secondary N) is 1. The van der Waals surface area contributed by atoms with Gasteiger partial charge < -0.3 is 20.5 Å². The third-order valence-corrected chi connectivity index (χ3v) is 6.42. The molecule has 1 fully saturated rings. The maximum atomic E-state index is 14.7. The van der Waals surface area contributed by atoms with Crippen LogP contribution in [0.5, 0.6) is 5.88 Å². The predicted octanol–water partition coefficient (Wildman–Crippen LogP) is 2.59. The Morgan fingerprint density at radius 3 is 2.81 bits per heavy atom. The topological polar surface area (TPSA) is 120 Å². The van der Waals surface area contributed by atoms with E-state index >= 15 is 0 Å². The van der Waals surface area contributed by atoms with Crippen molar-refractivity contribution in [2.45, 2.75) is 20.0 Å². The van der Waals surface area contributed by atoms with E-state index in [4.69, 9.17) is 15.2 Å². The molecular formula is C26H28FN7O3. The number of ether oxygens (including phenoxy) is 2. The summed E-state index contributed by atoms with van der Waals surface area (Å²) in [6.07, 6.45) is 1.75. The lowest BCUT2D eigenvalue weighted by Gasteiger charge is -2.27. The first kappa shape index (κ1) is 24.6. The highest BCUT2D eigenvalue weighted by Gasteiger charge is 2.20. The maximum absolute atomic E-state index is 14.7. The molecule has 0 bridgehead atoms. The van der Waals surface area contributed by atoms with Crippen molar-refractivity contribution in [1.82, 2.24) is 29.8 Å². The quantitative estimate of drug-likeness (QED) is 0.393. The predicted molar refractivity (Wildman–Crippen MR) is 136 cm³/mol. The summed E-state index contributed by atoms with van der Waals surface area (Å²) in [6, 6.07) is 10.3. The van der Waals surface area contributed by atoms with E-state index in [9.17, 15) is 9.18 Å². The number of pyridine rings is 2. The summed E-state index contributed by atoms with van der Waals surface area (Å²) < 4.78 is 27.1. The van der Waals surface area contributed by atoms with Gasteiger partial charge in [-0.3, -0.25) is 9.69 Å². The molecule has 4 heterocycles. The van der Waals surface area contributed by atoms with Crippen LogP contribution < -0.4 is 15.8 Å². The van der Waals surface area contributed by atoms with Gasteiger partial charge in [-0.2, -0.15) is 4.98 Å². The molecule has 5 rings (SSSR count). The van der Waals surface area contributed by atoms with Crippen molar-refractivity contribution in [3.8, 4) is 17.0 Å². The number of aryl methyl sites for hydroxylation is 1. The molecule has 11 heteroatoms. The molecule has 37 heavy (non-hydrogen) atoms. The number of morpholine rings is 1. The lowest BCUT2D eigenvalue weighted by atomic mass is 10.0. The number of carbonyl (C=O) groups excluding carboxylic acids is 1. The maximum Gasteiger partial charge on any atom is 0.257 e. The molecule has 3 aromatic heterocycles. The number of nitrogen functional groups attached to an aromatic ring is 1. The molecule has 0 saturated carbocycles. The average molecular weight is 506 g/mol. The van der Waals surface area contributed by atoms with Crippen molar-refractivity contribution in [2.75, 3.05) is 39.1 Å². The van der Waals surface area contributed by atoms with Gasteiger partial charge in [0.25, 0.3) is 5.91 Å². The summed E-state index contributed by atoms with van der Waals surface area (Å²) in [7, 11) is 1.47. The summed E-state index contributed by atoms with van der Waals surface area (Å²) in [6.45, 7) is 5.18. The zero-order valence-corrected chi connectivity index (χ0v) is 20.7. The summed E-state index contributed by atoms with van der Waals surface area (Å²) in [4.78, 5) is 24.2. The molecule has 0 spiro atoms. The molecule has 192 valence electrons. The number of rotatable bonds is 7. The molecule has 1 amide bonds. The van der Waals surface area contributed by atoms with Crippen LogP contribution in [0.15, 0.2) is 42.6 Å². The van der Waals surface area contributed by atoms with E-state index in [1.165, 1.54) is 13.2 Å². The lowest BCUT2D eigenvalue weighted by molar-refractivity contribution is 0.0336. The Hall–Kier alpha value is -4.09. The highest BCUT2D eigenvalue weighted by Crippen LogP contribution is 2.29. The van der Waals surface area contributed by atoms with Gasteiger partial charge in [-0.25, -0.2) is 13.9 Å². The molecule has 1 saturated heterocycles. The largest absolute Gasteiger partial charge is 0.480 e. The highest BCUT2D eigenvalue weighted by molar-refractivity contribution is 5.97. The normalized spacial score (nSPS) is 14.1. The number of nitrogens with two attached hydrogens (primary N) is 1. The molecule has 0 unspecified atom stereocenters. The van der Waals surface area contributed by atoms with Crippen LogP contribution in [0.4, 0.5) is 10.3 Å². The monoisotopic (exact) mass is 505 g/mol. The van der Waals surface area contributed by atoms with Gasteiger partial charge in [0.15, 0.2) is 5.65 Å². The molecule has 1 aliphatic heterocycles. The van der Waals surface area contributed by atoms with Crippen LogP contribution >= 0.6 is 0 Å². The smallest absolute Gasteiger partial charge is 0.257 e. The van der Waals surface area contributed by atoms with Gasteiger partial charge in [-0.05, 0) is 42.3 Å². The number of aromatic nitrogens is 4. The molecule has 1 aromatic carbocycles. The van der Waals surface area contributed by atoms with Gasteiger partial charge in [0.2, 0.25) is 11.8 Å². The van der Waals surface area contributed by atoms with E-state index in [2.05, 4.69) is 25.3 Å². The fraction of sp³-hybridized carbons (Fsp3) is 0.308. The van der Waals surface area contributed by atoms with Gasteiger partial charge in [-0.15, -0.1) is 5.10 Å². The number of hydrogen-bond acceptors (Lipinski definition) is 8. The van der Waals surface area contributed by atoms with Crippen LogP contribution in [0.2, 0.25) is 0 Å². The number of anilines is 1. The van der Waals surface area contributed by atoms with Crippen LogP contribution in [0.3, 0.4) is 0 Å². The number of methoxy groups -OCH3 is 1. The van der Waals surface area contributed by atoms with Gasteiger partial charge in [-0.1, -0.05) is 12.1 Å². The molecular weight excluding hydrogens is 477 g/mol. The summed E-state index contributed by atoms with van der Waals surface area (Å²) in [5.74, 6) is -0.286. The Bertz CT molecular complexity index is 1450. The molecule has 0 aliphatic carbocycles. The van der Waals surface area contributed by atoms with Gasteiger partial charge in [0.05, 0.1) is 20.3 Å². The van der Waals surface area contributed by atoms with Crippen LogP contribution in [0, 0.1) is 12.7 Å². The van der Waals surface area contributed by atoms with Gasteiger partial charge in [0, 0.05) is 49.2 Å². The highest BCUT2D eigenvalue weighted by atomic mass is 19.1. The van der Waals surface area contributed by atoms with E-state index in [-0.39, 0.29) is 35.7 Å². The second kappa shape index (κ2) is 10.5. The minimum Gasteiger partial charge on any atom is -0.480 e. The number of halogens is 1. The molecule has 10 nitrogen and oxygen atoms in total. The summed E-state index contributed by atoms with van der Waals surface area (Å²) in [5, 5.41) is 7.01. The standard InChI is InChI=1S/C26H28FN7O3/c1-16-19(17-6-7-34-23(12-17)31-26(28)32-34)13-20(25(30-16)36-2)24(35)29-14-18-4-3-5-22(27)21(18)15-33-8-10-37-11-9-33/h3-7,12-13H,8-11,14-15H2,1-2H3,(H2,28,32)(H,29,35). The van der Waals surface area contributed by atoms with Crippen molar-refractivity contribution in [3.63, 3.8) is 0 Å². The molecule has 0 radical (unpaired) electrons. The Balaban J connectivity index is 1.40. The molecule has 0 atom stereocenters. The van der Waals surface area contributed by atoms with Gasteiger partial charge in [0.1, 0.15) is 11.4 Å². The number of hydrogen-bond donors (Lipinski definition) is 2. The van der Waals surface area contributed by atoms with E-state index in [0.717, 1.165) is 24.2 Å². The van der Waals surface area contributed by atoms with Crippen LogP contribution in [-0.2, 0) is 17.8 Å². The van der Waals surface area contributed by atoms with E-state index in [1.807, 2.05) is 25.1 Å². The fourth-order valence-corrected chi connectivity index (χ4v) is 4.46. The zero-order chi connectivity index (χ0) is 25.9. The fourth-order valence-electron chi connectivity index (χ4n) is 4.46. The van der Waals surface area contributed by atoms with Crippen molar-refractivity contribution in [3.05, 3.63) is 70.8 Å². The first-order valence-electron chi connectivity index (χ1n) is 12.0. The number of benzene rings is 1. The van der Waals surface area contributed by atoms with Gasteiger partial charge >= 0.3 is 0 Å². The number of fused-ring (bicyclic) bond motifs is 1. The van der Waals surface area contributed by atoms with Crippen molar-refractivity contribution in [2.24, 2.45) is 0 Å². The average Bonchev–Trinajstić information content (AvgIpc) is 3.28. The third kappa shape index (κ3) is 5.23. The Morgan fingerprint density at radius 1 is 1.22 bits per heavy atom. The number of carbonyl (C=O) groups is 1. The lowest BCUT2D eigenvalue weighted by Crippen LogP contribution is -2.36. The van der Waals surface area contributed by atoms with Crippen LogP contribution in [-0.4, -0.2) is 63.8 Å². The van der Waals surface area contributed by atoms with E-state index in [1.54, 1.807) is 22.8 Å². The first-order valence-corrected chi connectivity index (χ1v) is 12.0. The summed E-state index contributed by atoms with van der Waals surface area (Å²) >= 11 is 0. The first-order chi connectivity index (χ1) is 17.9. The second-order valence-corrected chi connectivity index (χ2v) is 8.82. The molecule has 1 aliphatic rings. The Kier molecular flexibility index (Phi) is 6.97. The van der Waals surface area contributed by atoms with Crippen molar-refractivity contribution >= 4 is 17.5 Å². The Labute approximate surface area is 213 Å².